The van der Waals surface area contributed by atoms with Crippen LogP contribution >= 0.6 is 0 Å². The normalized spacial score (nSPS) is 8.54. The molecule has 4 rings (SSSR count). The van der Waals surface area contributed by atoms with Crippen molar-refractivity contribution in [3.63, 3.8) is 0 Å². The Morgan fingerprint density at radius 3 is 0.667 bits per heavy atom. The van der Waals surface area contributed by atoms with Gasteiger partial charge in [-0.05, 0) is 75.4 Å². The molecule has 0 saturated heterocycles. The molecule has 0 fully saturated rings. The van der Waals surface area contributed by atoms with Crippen LogP contribution in [0.25, 0.3) is 0 Å². The molecule has 0 nitrogen and oxygen atoms in total. The van der Waals surface area contributed by atoms with Crippen LogP contribution in [0.1, 0.15) is 91.6 Å². The second-order valence-corrected chi connectivity index (χ2v) is 8.15. The first-order valence-electron chi connectivity index (χ1n) is 13.9. The van der Waals surface area contributed by atoms with Crippen molar-refractivity contribution in [2.45, 2.75) is 62.3 Å². The van der Waals surface area contributed by atoms with E-state index in [-0.39, 0.29) is 0 Å². The van der Waals surface area contributed by atoms with Crippen molar-refractivity contribution >= 4 is 0 Å². The minimum absolute atomic E-state index is 0.902. The van der Waals surface area contributed by atoms with Gasteiger partial charge in [0.05, 0.1) is 0 Å². The molecule has 0 N–H and O–H groups in total. The highest BCUT2D eigenvalue weighted by Crippen LogP contribution is 2.11. The number of rotatable bonds is 0. The zero-order valence-corrected chi connectivity index (χ0v) is 25.2. The minimum Gasteiger partial charge on any atom is -0.0683 e. The zero-order valence-electron chi connectivity index (χ0n) is 25.2. The van der Waals surface area contributed by atoms with Crippen LogP contribution in [0.5, 0.6) is 0 Å². The highest BCUT2D eigenvalue weighted by atomic mass is 14.0. The van der Waals surface area contributed by atoms with E-state index in [9.17, 15) is 0 Å². The minimum atomic E-state index is 0.902. The monoisotopic (exact) mass is 510 g/mol. The van der Waals surface area contributed by atoms with Gasteiger partial charge in [0.15, 0.2) is 0 Å². The summed E-state index contributed by atoms with van der Waals surface area (Å²) in [5.74, 6) is 19.6. The van der Waals surface area contributed by atoms with Gasteiger partial charge in [-0.25, -0.2) is 0 Å². The standard InChI is InChI=1S/C33H24.3C2H6/c1-25-4-10-28(11-5-25)16-19-31-22-32(20-17-29-12-6-26(2)7-13-29)24-33(23-31)21-18-30-14-8-27(3)9-15-30;3*1-2/h4-15,22-24H,1-3H3;3*1-2H3. The lowest BCUT2D eigenvalue weighted by Crippen LogP contribution is -1.86. The molecule has 0 aliphatic heterocycles. The van der Waals surface area contributed by atoms with E-state index in [4.69, 9.17) is 0 Å². The van der Waals surface area contributed by atoms with E-state index in [1.54, 1.807) is 0 Å². The molecule has 4 aromatic carbocycles. The molecule has 0 unspecified atom stereocenters. The fraction of sp³-hybridized carbons (Fsp3) is 0.231. The quantitative estimate of drug-likeness (QED) is 0.206. The summed E-state index contributed by atoms with van der Waals surface area (Å²) in [6.07, 6.45) is 0. The van der Waals surface area contributed by atoms with Gasteiger partial charge >= 0.3 is 0 Å². The summed E-state index contributed by atoms with van der Waals surface area (Å²) in [6, 6.07) is 30.8. The molecule has 0 aliphatic carbocycles. The van der Waals surface area contributed by atoms with E-state index >= 15 is 0 Å². The molecule has 0 radical (unpaired) electrons. The average Bonchev–Trinajstić information content (AvgIpc) is 2.99. The molecule has 0 bridgehead atoms. The van der Waals surface area contributed by atoms with Crippen molar-refractivity contribution in [2.75, 3.05) is 0 Å². The highest BCUT2D eigenvalue weighted by Gasteiger charge is 1.98. The number of hydrogen-bond donors (Lipinski definition) is 0. The first-order chi connectivity index (χ1) is 19.0. The van der Waals surface area contributed by atoms with Crippen LogP contribution in [-0.4, -0.2) is 0 Å². The van der Waals surface area contributed by atoms with Crippen LogP contribution in [0, 0.1) is 56.3 Å². The third-order valence-electron chi connectivity index (χ3n) is 5.14. The number of benzene rings is 4. The zero-order chi connectivity index (χ0) is 29.0. The van der Waals surface area contributed by atoms with Crippen LogP contribution in [0.2, 0.25) is 0 Å². The molecule has 0 atom stereocenters. The van der Waals surface area contributed by atoms with Crippen molar-refractivity contribution < 1.29 is 0 Å². The van der Waals surface area contributed by atoms with Gasteiger partial charge in [0, 0.05) is 33.4 Å². The molecule has 0 aliphatic rings. The van der Waals surface area contributed by atoms with Gasteiger partial charge < -0.3 is 0 Å². The Labute approximate surface area is 238 Å². The van der Waals surface area contributed by atoms with E-state index < -0.39 is 0 Å². The van der Waals surface area contributed by atoms with Gasteiger partial charge in [-0.15, -0.1) is 0 Å². The Bertz CT molecular complexity index is 1250. The summed E-state index contributed by atoms with van der Waals surface area (Å²) in [6.45, 7) is 18.2. The molecule has 0 aromatic heterocycles. The lowest BCUT2D eigenvalue weighted by Gasteiger charge is -1.98. The molecule has 0 saturated carbocycles. The predicted octanol–water partition coefficient (Wildman–Crippen LogP) is 9.89. The summed E-state index contributed by atoms with van der Waals surface area (Å²) in [7, 11) is 0. The smallest absolute Gasteiger partial charge is 0.0273 e. The van der Waals surface area contributed by atoms with Crippen LogP contribution in [-0.2, 0) is 0 Å². The van der Waals surface area contributed by atoms with Gasteiger partial charge in [-0.2, -0.15) is 0 Å². The van der Waals surface area contributed by atoms with E-state index in [1.165, 1.54) is 16.7 Å². The van der Waals surface area contributed by atoms with E-state index in [0.717, 1.165) is 33.4 Å². The third kappa shape index (κ3) is 12.1. The molecule has 0 heteroatoms. The SMILES string of the molecule is CC.CC.CC.Cc1ccc(C#Cc2cc(C#Cc3ccc(C)cc3)cc(C#Cc3ccc(C)cc3)c2)cc1. The lowest BCUT2D eigenvalue weighted by molar-refractivity contribution is 1.46. The number of aryl methyl sites for hydroxylation is 3. The average molecular weight is 511 g/mol. The predicted molar refractivity (Wildman–Crippen MR) is 172 cm³/mol. The summed E-state index contributed by atoms with van der Waals surface area (Å²) in [5.41, 5.74) is 9.35. The Balaban J connectivity index is 0.00000119. The van der Waals surface area contributed by atoms with Crippen molar-refractivity contribution in [3.8, 4) is 35.5 Å². The maximum absolute atomic E-state index is 3.29. The first-order valence-corrected chi connectivity index (χ1v) is 13.9. The second-order valence-electron chi connectivity index (χ2n) is 8.15. The first kappa shape index (κ1) is 32.6. The fourth-order valence-corrected chi connectivity index (χ4v) is 3.19. The third-order valence-corrected chi connectivity index (χ3v) is 5.14. The van der Waals surface area contributed by atoms with Crippen molar-refractivity contribution in [1.29, 1.82) is 0 Å². The van der Waals surface area contributed by atoms with E-state index in [1.807, 2.05) is 96.1 Å². The van der Waals surface area contributed by atoms with Crippen molar-refractivity contribution in [1.82, 2.24) is 0 Å². The topological polar surface area (TPSA) is 0 Å². The van der Waals surface area contributed by atoms with Crippen LogP contribution < -0.4 is 0 Å². The maximum Gasteiger partial charge on any atom is 0.0273 e. The molecule has 198 valence electrons. The lowest BCUT2D eigenvalue weighted by atomic mass is 10.0. The van der Waals surface area contributed by atoms with E-state index in [0.29, 0.717) is 0 Å². The highest BCUT2D eigenvalue weighted by molar-refractivity contribution is 5.55. The Morgan fingerprint density at radius 1 is 0.282 bits per heavy atom. The van der Waals surface area contributed by atoms with Gasteiger partial charge in [0.25, 0.3) is 0 Å². The molecule has 0 amide bonds. The summed E-state index contributed by atoms with van der Waals surface area (Å²) in [5, 5.41) is 0. The fourth-order valence-electron chi connectivity index (χ4n) is 3.19. The van der Waals surface area contributed by atoms with Crippen LogP contribution in [0.15, 0.2) is 91.0 Å². The van der Waals surface area contributed by atoms with Gasteiger partial charge in [-0.3, -0.25) is 0 Å². The van der Waals surface area contributed by atoms with Crippen molar-refractivity contribution in [3.05, 3.63) is 141 Å². The second kappa shape index (κ2) is 18.8. The molecule has 4 aromatic rings. The Kier molecular flexibility index (Phi) is 15.7. The molecule has 39 heavy (non-hydrogen) atoms. The van der Waals surface area contributed by atoms with Gasteiger partial charge in [-0.1, -0.05) is 130 Å². The molecule has 0 heterocycles. The van der Waals surface area contributed by atoms with Gasteiger partial charge in [0.2, 0.25) is 0 Å². The summed E-state index contributed by atoms with van der Waals surface area (Å²) in [4.78, 5) is 0. The van der Waals surface area contributed by atoms with E-state index in [2.05, 4.69) is 92.7 Å². The van der Waals surface area contributed by atoms with Gasteiger partial charge in [0.1, 0.15) is 0 Å². The largest absolute Gasteiger partial charge is 0.0683 e. The molecular formula is C39H42. The molecular weight excluding hydrogens is 468 g/mol. The van der Waals surface area contributed by atoms with Crippen molar-refractivity contribution in [2.24, 2.45) is 0 Å². The Hall–Kier alpha value is -4.44. The summed E-state index contributed by atoms with van der Waals surface area (Å²) < 4.78 is 0. The maximum atomic E-state index is 3.29. The van der Waals surface area contributed by atoms with Crippen LogP contribution in [0.4, 0.5) is 0 Å². The molecule has 0 spiro atoms. The number of hydrogen-bond acceptors (Lipinski definition) is 0. The summed E-state index contributed by atoms with van der Waals surface area (Å²) >= 11 is 0. The Morgan fingerprint density at radius 2 is 0.462 bits per heavy atom. The van der Waals surface area contributed by atoms with Crippen LogP contribution in [0.3, 0.4) is 0 Å².